The van der Waals surface area contributed by atoms with Gasteiger partial charge in [-0.15, -0.1) is 0 Å². The van der Waals surface area contributed by atoms with Crippen molar-refractivity contribution >= 4 is 5.91 Å². The number of piperazine rings is 1. The number of benzene rings is 3. The number of carbonyl (C=O) groups excluding carboxylic acids is 1. The second kappa shape index (κ2) is 10.4. The van der Waals surface area contributed by atoms with Crippen molar-refractivity contribution in [1.82, 2.24) is 15.1 Å². The zero-order chi connectivity index (χ0) is 25.4. The van der Waals surface area contributed by atoms with Crippen molar-refractivity contribution < 1.29 is 4.79 Å². The van der Waals surface area contributed by atoms with Crippen LogP contribution in [0.5, 0.6) is 0 Å². The first-order valence-corrected chi connectivity index (χ1v) is 14.1. The molecule has 1 aliphatic carbocycles. The first-order chi connectivity index (χ1) is 18.1. The number of rotatable bonds is 5. The molecule has 1 N–H and O–H groups in total. The van der Waals surface area contributed by atoms with E-state index >= 15 is 0 Å². The Morgan fingerprint density at radius 1 is 0.892 bits per heavy atom. The van der Waals surface area contributed by atoms with E-state index in [0.717, 1.165) is 51.0 Å². The number of carbonyl (C=O) groups is 1. The van der Waals surface area contributed by atoms with E-state index in [1.54, 1.807) is 0 Å². The molecule has 0 saturated carbocycles. The topological polar surface area (TPSA) is 35.6 Å². The van der Waals surface area contributed by atoms with Gasteiger partial charge in [-0.05, 0) is 72.4 Å². The average Bonchev–Trinajstić information content (AvgIpc) is 3.30. The van der Waals surface area contributed by atoms with Gasteiger partial charge in [-0.2, -0.15) is 0 Å². The molecule has 3 aliphatic rings. The number of hydrogen-bond acceptors (Lipinski definition) is 3. The summed E-state index contributed by atoms with van der Waals surface area (Å²) in [6.07, 6.45) is 3.61. The predicted octanol–water partition coefficient (Wildman–Crippen LogP) is 5.46. The lowest BCUT2D eigenvalue weighted by Gasteiger charge is -2.48. The molecule has 3 atom stereocenters. The molecule has 2 aliphatic heterocycles. The standard InChI is InChI=1S/C33H39N3O/c1-23-24(2)36(19-16-34-23)33(26-8-4-3-5-9-26)27-14-17-35(18-15-27)32(37)21-25-12-13-31-29(20-25)22-28-10-6-7-11-30(28)31/h3-13,20,23-24,27,33-34H,14-19,21-22H2,1-2H3. The van der Waals surface area contributed by atoms with Crippen molar-refractivity contribution in [3.63, 3.8) is 0 Å². The lowest BCUT2D eigenvalue weighted by atomic mass is 9.82. The molecule has 0 radical (unpaired) electrons. The summed E-state index contributed by atoms with van der Waals surface area (Å²) in [6, 6.07) is 27.7. The van der Waals surface area contributed by atoms with Crippen molar-refractivity contribution in [2.24, 2.45) is 5.92 Å². The summed E-state index contributed by atoms with van der Waals surface area (Å²) in [4.78, 5) is 18.2. The Balaban J connectivity index is 1.12. The predicted molar refractivity (Wildman–Crippen MR) is 151 cm³/mol. The van der Waals surface area contributed by atoms with E-state index in [2.05, 4.69) is 102 Å². The third kappa shape index (κ3) is 4.85. The molecule has 0 aromatic heterocycles. The van der Waals surface area contributed by atoms with Crippen molar-refractivity contribution in [2.75, 3.05) is 26.2 Å². The van der Waals surface area contributed by atoms with Gasteiger partial charge in [0.25, 0.3) is 0 Å². The van der Waals surface area contributed by atoms with E-state index < -0.39 is 0 Å². The minimum Gasteiger partial charge on any atom is -0.342 e. The average molecular weight is 494 g/mol. The molecule has 4 nitrogen and oxygen atoms in total. The van der Waals surface area contributed by atoms with E-state index in [1.165, 1.54) is 27.8 Å². The monoisotopic (exact) mass is 493 g/mol. The quantitative estimate of drug-likeness (QED) is 0.401. The number of likely N-dealkylation sites (tertiary alicyclic amines) is 1. The van der Waals surface area contributed by atoms with Gasteiger partial charge < -0.3 is 10.2 Å². The van der Waals surface area contributed by atoms with Crippen LogP contribution in [-0.2, 0) is 17.6 Å². The van der Waals surface area contributed by atoms with E-state index in [9.17, 15) is 4.79 Å². The Hall–Kier alpha value is -2.95. The molecule has 1 amide bonds. The van der Waals surface area contributed by atoms with Crippen LogP contribution in [0.3, 0.4) is 0 Å². The Morgan fingerprint density at radius 2 is 1.62 bits per heavy atom. The maximum atomic E-state index is 13.3. The van der Waals surface area contributed by atoms with E-state index in [-0.39, 0.29) is 5.91 Å². The number of hydrogen-bond donors (Lipinski definition) is 1. The smallest absolute Gasteiger partial charge is 0.226 e. The highest BCUT2D eigenvalue weighted by atomic mass is 16.2. The van der Waals surface area contributed by atoms with Crippen LogP contribution in [0.25, 0.3) is 11.1 Å². The molecule has 0 bridgehead atoms. The van der Waals surface area contributed by atoms with E-state index in [0.29, 0.717) is 30.5 Å². The lowest BCUT2D eigenvalue weighted by molar-refractivity contribution is -0.132. The molecule has 3 unspecified atom stereocenters. The van der Waals surface area contributed by atoms with Gasteiger partial charge >= 0.3 is 0 Å². The van der Waals surface area contributed by atoms with E-state index in [4.69, 9.17) is 0 Å². The van der Waals surface area contributed by atoms with Crippen LogP contribution < -0.4 is 5.32 Å². The normalized spacial score (nSPS) is 22.9. The third-order valence-corrected chi connectivity index (χ3v) is 9.13. The van der Waals surface area contributed by atoms with E-state index in [1.807, 2.05) is 0 Å². The third-order valence-electron chi connectivity index (χ3n) is 9.13. The molecule has 2 heterocycles. The molecule has 2 saturated heterocycles. The SMILES string of the molecule is CC1NCCN(C(c2ccccc2)C2CCN(C(=O)Cc3ccc4c(c3)Cc3ccccc3-4)CC2)C1C. The highest BCUT2D eigenvalue weighted by Crippen LogP contribution is 2.39. The van der Waals surface area contributed by atoms with Gasteiger partial charge in [0.05, 0.1) is 6.42 Å². The summed E-state index contributed by atoms with van der Waals surface area (Å²) >= 11 is 0. The minimum atomic E-state index is 0.273. The summed E-state index contributed by atoms with van der Waals surface area (Å²) in [5, 5.41) is 3.64. The number of amides is 1. The molecule has 0 spiro atoms. The summed E-state index contributed by atoms with van der Waals surface area (Å²) in [5.74, 6) is 0.840. The lowest BCUT2D eigenvalue weighted by Crippen LogP contribution is -2.57. The van der Waals surface area contributed by atoms with Crippen LogP contribution in [-0.4, -0.2) is 54.0 Å². The molecule has 3 aromatic rings. The van der Waals surface area contributed by atoms with Gasteiger partial charge in [0, 0.05) is 44.3 Å². The molecule has 2 fully saturated rings. The summed E-state index contributed by atoms with van der Waals surface area (Å²) in [5.41, 5.74) is 7.99. The molecule has 4 heteroatoms. The maximum Gasteiger partial charge on any atom is 0.226 e. The largest absolute Gasteiger partial charge is 0.342 e. The summed E-state index contributed by atoms with van der Waals surface area (Å²) in [7, 11) is 0. The van der Waals surface area contributed by atoms with Crippen molar-refractivity contribution in [2.45, 2.75) is 57.7 Å². The summed E-state index contributed by atoms with van der Waals surface area (Å²) < 4.78 is 0. The molecular formula is C33H39N3O. The van der Waals surface area contributed by atoms with Gasteiger partial charge in [0.15, 0.2) is 0 Å². The second-order valence-electron chi connectivity index (χ2n) is 11.3. The first-order valence-electron chi connectivity index (χ1n) is 14.1. The van der Waals surface area contributed by atoms with Crippen LogP contribution in [0.1, 0.15) is 55.0 Å². The van der Waals surface area contributed by atoms with Gasteiger partial charge in [-0.25, -0.2) is 0 Å². The zero-order valence-electron chi connectivity index (χ0n) is 22.2. The zero-order valence-corrected chi connectivity index (χ0v) is 22.2. The van der Waals surface area contributed by atoms with Gasteiger partial charge in [0.2, 0.25) is 5.91 Å². The van der Waals surface area contributed by atoms with Gasteiger partial charge in [-0.1, -0.05) is 72.8 Å². The fraction of sp³-hybridized carbons (Fsp3) is 0.424. The second-order valence-corrected chi connectivity index (χ2v) is 11.3. The van der Waals surface area contributed by atoms with Crippen LogP contribution in [0.4, 0.5) is 0 Å². The Bertz CT molecular complexity index is 1250. The highest BCUT2D eigenvalue weighted by molar-refractivity contribution is 5.81. The van der Waals surface area contributed by atoms with Crippen LogP contribution in [0, 0.1) is 5.92 Å². The van der Waals surface area contributed by atoms with Crippen molar-refractivity contribution in [1.29, 1.82) is 0 Å². The molecule has 3 aromatic carbocycles. The Morgan fingerprint density at radius 3 is 2.43 bits per heavy atom. The van der Waals surface area contributed by atoms with Crippen molar-refractivity contribution in [3.8, 4) is 11.1 Å². The number of nitrogens with zero attached hydrogens (tertiary/aromatic N) is 2. The van der Waals surface area contributed by atoms with Gasteiger partial charge in [0.1, 0.15) is 0 Å². The fourth-order valence-corrected chi connectivity index (χ4v) is 6.92. The first kappa shape index (κ1) is 24.4. The van der Waals surface area contributed by atoms with Crippen LogP contribution in [0.15, 0.2) is 72.8 Å². The molecule has 6 rings (SSSR count). The van der Waals surface area contributed by atoms with Crippen molar-refractivity contribution in [3.05, 3.63) is 95.1 Å². The minimum absolute atomic E-state index is 0.273. The molecule has 37 heavy (non-hydrogen) atoms. The Labute approximate surface area is 221 Å². The molecule has 192 valence electrons. The van der Waals surface area contributed by atoms with Crippen LogP contribution >= 0.6 is 0 Å². The molecular weight excluding hydrogens is 454 g/mol. The maximum absolute atomic E-state index is 13.3. The van der Waals surface area contributed by atoms with Gasteiger partial charge in [-0.3, -0.25) is 9.69 Å². The number of fused-ring (bicyclic) bond motifs is 3. The highest BCUT2D eigenvalue weighted by Gasteiger charge is 2.37. The number of nitrogens with one attached hydrogen (secondary N) is 1. The van der Waals surface area contributed by atoms with Crippen LogP contribution in [0.2, 0.25) is 0 Å². The Kier molecular flexibility index (Phi) is 6.88. The number of piperidine rings is 1. The fourth-order valence-electron chi connectivity index (χ4n) is 6.92. The summed E-state index contributed by atoms with van der Waals surface area (Å²) in [6.45, 7) is 8.50.